The number of nitriles is 1. The number of hydrogen-bond donors (Lipinski definition) is 1. The number of nitrogens with one attached hydrogen (secondary N) is 1. The van der Waals surface area contributed by atoms with Gasteiger partial charge in [-0.1, -0.05) is 36.0 Å². The molecule has 134 valence electrons. The van der Waals surface area contributed by atoms with Gasteiger partial charge in [-0.05, 0) is 48.5 Å². The smallest absolute Gasteiger partial charge is 0.256 e. The number of nitrogens with zero attached hydrogens (tertiary/aromatic N) is 2. The van der Waals surface area contributed by atoms with E-state index in [2.05, 4.69) is 11.4 Å². The van der Waals surface area contributed by atoms with E-state index in [9.17, 15) is 10.1 Å². The lowest BCUT2D eigenvalue weighted by atomic mass is 10.2. The molecule has 0 bridgehead atoms. The largest absolute Gasteiger partial charge is 0.378 e. The fourth-order valence-corrected chi connectivity index (χ4v) is 3.58. The molecule has 0 spiro atoms. The molecule has 0 aromatic heterocycles. The van der Waals surface area contributed by atoms with Crippen molar-refractivity contribution in [1.29, 1.82) is 5.26 Å². The molecule has 0 aliphatic heterocycles. The summed E-state index contributed by atoms with van der Waals surface area (Å²) in [5, 5.41) is 12.2. The summed E-state index contributed by atoms with van der Waals surface area (Å²) in [5.41, 5.74) is 2.98. The van der Waals surface area contributed by atoms with Crippen LogP contribution in [0.2, 0.25) is 0 Å². The van der Waals surface area contributed by atoms with Gasteiger partial charge in [0, 0.05) is 35.3 Å². The van der Waals surface area contributed by atoms with E-state index in [0.717, 1.165) is 21.2 Å². The number of carbonyl (C=O) groups excluding carboxylic acids is 1. The molecule has 0 aliphatic rings. The fourth-order valence-electron chi connectivity index (χ4n) is 2.55. The maximum Gasteiger partial charge on any atom is 0.256 e. The molecule has 3 aromatic rings. The van der Waals surface area contributed by atoms with E-state index >= 15 is 0 Å². The third-order valence-electron chi connectivity index (χ3n) is 4.00. The lowest BCUT2D eigenvalue weighted by Gasteiger charge is -2.14. The molecule has 0 saturated carbocycles. The van der Waals surface area contributed by atoms with Gasteiger partial charge in [-0.3, -0.25) is 4.79 Å². The van der Waals surface area contributed by atoms with Gasteiger partial charge in [0.05, 0.1) is 11.1 Å². The summed E-state index contributed by atoms with van der Waals surface area (Å²) < 4.78 is 0. The lowest BCUT2D eigenvalue weighted by molar-refractivity contribution is 0.102. The van der Waals surface area contributed by atoms with Crippen molar-refractivity contribution >= 4 is 29.0 Å². The minimum absolute atomic E-state index is 0.176. The second-order valence-corrected chi connectivity index (χ2v) is 7.19. The highest BCUT2D eigenvalue weighted by molar-refractivity contribution is 7.99. The average Bonchev–Trinajstić information content (AvgIpc) is 2.69. The third-order valence-corrected chi connectivity index (χ3v) is 5.15. The Balaban J connectivity index is 1.83. The van der Waals surface area contributed by atoms with Gasteiger partial charge < -0.3 is 10.2 Å². The Hall–Kier alpha value is -3.23. The van der Waals surface area contributed by atoms with E-state index < -0.39 is 0 Å². The topological polar surface area (TPSA) is 56.1 Å². The van der Waals surface area contributed by atoms with Crippen LogP contribution in [0.4, 0.5) is 11.4 Å². The number of rotatable bonds is 5. The van der Waals surface area contributed by atoms with Gasteiger partial charge in [0.2, 0.25) is 0 Å². The number of hydrogen-bond acceptors (Lipinski definition) is 4. The minimum Gasteiger partial charge on any atom is -0.378 e. The fraction of sp³-hybridized carbons (Fsp3) is 0.0909. The summed E-state index contributed by atoms with van der Waals surface area (Å²) >= 11 is 1.42. The first-order valence-electron chi connectivity index (χ1n) is 8.43. The zero-order valence-corrected chi connectivity index (χ0v) is 16.0. The quantitative estimate of drug-likeness (QED) is 0.682. The van der Waals surface area contributed by atoms with Crippen molar-refractivity contribution in [3.8, 4) is 6.07 Å². The van der Waals surface area contributed by atoms with Crippen LogP contribution in [0.5, 0.6) is 0 Å². The first kappa shape index (κ1) is 18.6. The van der Waals surface area contributed by atoms with Gasteiger partial charge in [-0.15, -0.1) is 0 Å². The Morgan fingerprint density at radius 1 is 0.926 bits per heavy atom. The zero-order chi connectivity index (χ0) is 19.2. The van der Waals surface area contributed by atoms with Crippen molar-refractivity contribution in [3.05, 3.63) is 83.9 Å². The summed E-state index contributed by atoms with van der Waals surface area (Å²) in [5.74, 6) is -0.176. The van der Waals surface area contributed by atoms with Crippen molar-refractivity contribution in [2.45, 2.75) is 9.79 Å². The van der Waals surface area contributed by atoms with Gasteiger partial charge in [-0.25, -0.2) is 0 Å². The molecule has 1 N–H and O–H groups in total. The van der Waals surface area contributed by atoms with Crippen LogP contribution in [0.25, 0.3) is 0 Å². The molecular formula is C22H19N3OS. The van der Waals surface area contributed by atoms with Crippen LogP contribution < -0.4 is 10.2 Å². The first-order valence-corrected chi connectivity index (χ1v) is 9.25. The van der Waals surface area contributed by atoms with Gasteiger partial charge in [0.1, 0.15) is 6.07 Å². The van der Waals surface area contributed by atoms with E-state index in [1.165, 1.54) is 11.8 Å². The molecule has 27 heavy (non-hydrogen) atoms. The van der Waals surface area contributed by atoms with Crippen LogP contribution in [-0.4, -0.2) is 20.0 Å². The highest BCUT2D eigenvalue weighted by atomic mass is 32.2. The average molecular weight is 373 g/mol. The molecule has 0 heterocycles. The summed E-state index contributed by atoms with van der Waals surface area (Å²) in [6, 6.07) is 24.7. The van der Waals surface area contributed by atoms with E-state index in [0.29, 0.717) is 11.1 Å². The van der Waals surface area contributed by atoms with Crippen molar-refractivity contribution < 1.29 is 4.79 Å². The highest BCUT2D eigenvalue weighted by Gasteiger charge is 2.14. The van der Waals surface area contributed by atoms with E-state index in [4.69, 9.17) is 0 Å². The Bertz CT molecular complexity index is 991. The Morgan fingerprint density at radius 2 is 1.56 bits per heavy atom. The number of anilines is 2. The first-order chi connectivity index (χ1) is 13.1. The number of carbonyl (C=O) groups is 1. The van der Waals surface area contributed by atoms with Crippen LogP contribution in [-0.2, 0) is 0 Å². The maximum atomic E-state index is 12.8. The monoisotopic (exact) mass is 373 g/mol. The summed E-state index contributed by atoms with van der Waals surface area (Å²) in [4.78, 5) is 16.4. The predicted octanol–water partition coefficient (Wildman–Crippen LogP) is 5.03. The Labute approximate surface area is 163 Å². The SMILES string of the molecule is CN(C)c1ccc(NC(=O)c2ccccc2Sc2ccccc2C#N)cc1. The molecule has 0 atom stereocenters. The van der Waals surface area contributed by atoms with Crippen molar-refractivity contribution in [2.75, 3.05) is 24.3 Å². The highest BCUT2D eigenvalue weighted by Crippen LogP contribution is 2.33. The Kier molecular flexibility index (Phi) is 5.80. The molecule has 0 aliphatic carbocycles. The van der Waals surface area contributed by atoms with Crippen molar-refractivity contribution in [2.24, 2.45) is 0 Å². The van der Waals surface area contributed by atoms with Crippen molar-refractivity contribution in [3.63, 3.8) is 0 Å². The lowest BCUT2D eigenvalue weighted by Crippen LogP contribution is -2.13. The van der Waals surface area contributed by atoms with Gasteiger partial charge >= 0.3 is 0 Å². The van der Waals surface area contributed by atoms with Gasteiger partial charge in [0.25, 0.3) is 5.91 Å². The summed E-state index contributed by atoms with van der Waals surface area (Å²) in [6.45, 7) is 0. The second kappa shape index (κ2) is 8.43. The van der Waals surface area contributed by atoms with Crippen LogP contribution in [0.1, 0.15) is 15.9 Å². The van der Waals surface area contributed by atoms with Crippen LogP contribution in [0.3, 0.4) is 0 Å². The molecule has 4 nitrogen and oxygen atoms in total. The molecule has 3 aromatic carbocycles. The number of benzene rings is 3. The standard InChI is InChI=1S/C22H19N3OS/c1-25(2)18-13-11-17(12-14-18)24-22(26)19-8-4-6-10-21(19)27-20-9-5-3-7-16(20)15-23/h3-14H,1-2H3,(H,24,26). The predicted molar refractivity (Wildman–Crippen MR) is 110 cm³/mol. The minimum atomic E-state index is -0.176. The van der Waals surface area contributed by atoms with Crippen LogP contribution in [0, 0.1) is 11.3 Å². The number of amides is 1. The maximum absolute atomic E-state index is 12.8. The van der Waals surface area contributed by atoms with Gasteiger partial charge in [-0.2, -0.15) is 5.26 Å². The van der Waals surface area contributed by atoms with Crippen molar-refractivity contribution in [1.82, 2.24) is 0 Å². The summed E-state index contributed by atoms with van der Waals surface area (Å²) in [7, 11) is 3.94. The normalized spacial score (nSPS) is 10.1. The molecular weight excluding hydrogens is 354 g/mol. The summed E-state index contributed by atoms with van der Waals surface area (Å²) in [6.07, 6.45) is 0. The van der Waals surface area contributed by atoms with Crippen LogP contribution >= 0.6 is 11.8 Å². The van der Waals surface area contributed by atoms with E-state index in [1.807, 2.05) is 79.7 Å². The molecule has 0 unspecified atom stereocenters. The molecule has 1 amide bonds. The Morgan fingerprint density at radius 3 is 2.22 bits per heavy atom. The second-order valence-electron chi connectivity index (χ2n) is 6.10. The van der Waals surface area contributed by atoms with Crippen LogP contribution in [0.15, 0.2) is 82.6 Å². The third kappa shape index (κ3) is 4.49. The van der Waals surface area contributed by atoms with Gasteiger partial charge in [0.15, 0.2) is 0 Å². The molecule has 0 radical (unpaired) electrons. The zero-order valence-electron chi connectivity index (χ0n) is 15.1. The molecule has 0 saturated heterocycles. The molecule has 5 heteroatoms. The van der Waals surface area contributed by atoms with E-state index in [-0.39, 0.29) is 5.91 Å². The molecule has 0 fully saturated rings. The van der Waals surface area contributed by atoms with E-state index in [1.54, 1.807) is 12.1 Å². The molecule has 3 rings (SSSR count).